The van der Waals surface area contributed by atoms with E-state index < -0.39 is 0 Å². The van der Waals surface area contributed by atoms with Crippen molar-refractivity contribution in [2.75, 3.05) is 19.6 Å². The van der Waals surface area contributed by atoms with Crippen LogP contribution in [0.5, 0.6) is 0 Å². The molecule has 110 valence electrons. The van der Waals surface area contributed by atoms with Crippen LogP contribution in [0.15, 0.2) is 23.6 Å². The van der Waals surface area contributed by atoms with Crippen molar-refractivity contribution in [1.82, 2.24) is 14.6 Å². The summed E-state index contributed by atoms with van der Waals surface area (Å²) in [5, 5.41) is 5.20. The molecule has 3 aliphatic heterocycles. The quantitative estimate of drug-likeness (QED) is 0.946. The zero-order valence-corrected chi connectivity index (χ0v) is 13.3. The van der Waals surface area contributed by atoms with Gasteiger partial charge in [-0.2, -0.15) is 4.37 Å². The Balaban J connectivity index is 1.46. The molecule has 3 saturated heterocycles. The van der Waals surface area contributed by atoms with Crippen molar-refractivity contribution in [3.8, 4) is 10.6 Å². The molecule has 1 amide bonds. The topological polar surface area (TPSA) is 45.2 Å². The first-order valence-electron chi connectivity index (χ1n) is 7.33. The van der Waals surface area contributed by atoms with Crippen LogP contribution in [0, 0.1) is 5.92 Å². The van der Waals surface area contributed by atoms with Gasteiger partial charge in [0.1, 0.15) is 0 Å². The zero-order valence-electron chi connectivity index (χ0n) is 11.6. The largest absolute Gasteiger partial charge is 0.347 e. The van der Waals surface area contributed by atoms with Crippen LogP contribution in [-0.4, -0.2) is 40.9 Å². The van der Waals surface area contributed by atoms with Crippen LogP contribution < -0.4 is 5.32 Å². The number of nitrogens with one attached hydrogen (secondary N) is 1. The molecule has 2 aromatic rings. The molecule has 3 aliphatic rings. The number of thiophene rings is 1. The molecule has 6 heteroatoms. The third-order valence-corrected chi connectivity index (χ3v) is 6.16. The van der Waals surface area contributed by atoms with Gasteiger partial charge in [-0.25, -0.2) is 0 Å². The van der Waals surface area contributed by atoms with Crippen LogP contribution >= 0.6 is 22.9 Å². The van der Waals surface area contributed by atoms with E-state index in [-0.39, 0.29) is 5.91 Å². The second-order valence-electron chi connectivity index (χ2n) is 5.77. The van der Waals surface area contributed by atoms with Gasteiger partial charge < -0.3 is 10.2 Å². The number of amides is 1. The number of hydrogen-bond acceptors (Lipinski definition) is 5. The number of aromatic nitrogens is 1. The molecule has 4 nitrogen and oxygen atoms in total. The molecule has 1 atom stereocenters. The van der Waals surface area contributed by atoms with Gasteiger partial charge >= 0.3 is 0 Å². The van der Waals surface area contributed by atoms with E-state index in [9.17, 15) is 4.79 Å². The van der Waals surface area contributed by atoms with Gasteiger partial charge in [-0.05, 0) is 61.6 Å². The van der Waals surface area contributed by atoms with Crippen molar-refractivity contribution in [3.05, 3.63) is 28.5 Å². The van der Waals surface area contributed by atoms with Crippen molar-refractivity contribution in [2.24, 2.45) is 5.92 Å². The van der Waals surface area contributed by atoms with Crippen LogP contribution in [-0.2, 0) is 0 Å². The van der Waals surface area contributed by atoms with Gasteiger partial charge in [0.15, 0.2) is 0 Å². The summed E-state index contributed by atoms with van der Waals surface area (Å²) in [6.45, 7) is 3.41. The standard InChI is InChI=1S/C15H17N3OS2/c19-15(16-12-9-18-6-3-10(12)4-7-18)14-2-1-13(21-14)11-5-8-20-17-11/h1-2,5,8,10,12H,3-4,6-7,9H2,(H,16,19)/t12-/m0/s1. The lowest BCUT2D eigenvalue weighted by Gasteiger charge is -2.44. The molecule has 0 spiro atoms. The molecule has 1 N–H and O–H groups in total. The van der Waals surface area contributed by atoms with Crippen molar-refractivity contribution in [3.63, 3.8) is 0 Å². The molecule has 2 aromatic heterocycles. The monoisotopic (exact) mass is 319 g/mol. The molecule has 0 aliphatic carbocycles. The van der Waals surface area contributed by atoms with Crippen LogP contribution in [0.1, 0.15) is 22.5 Å². The first kappa shape index (κ1) is 13.4. The third kappa shape index (κ3) is 2.63. The molecule has 5 heterocycles. The molecule has 2 bridgehead atoms. The van der Waals surface area contributed by atoms with Gasteiger partial charge in [0.05, 0.1) is 15.4 Å². The number of carbonyl (C=O) groups excluding carboxylic acids is 1. The Morgan fingerprint density at radius 3 is 2.81 bits per heavy atom. The summed E-state index contributed by atoms with van der Waals surface area (Å²) >= 11 is 2.97. The van der Waals surface area contributed by atoms with Crippen LogP contribution in [0.4, 0.5) is 0 Å². The fourth-order valence-electron chi connectivity index (χ4n) is 3.31. The maximum atomic E-state index is 12.4. The van der Waals surface area contributed by atoms with Crippen molar-refractivity contribution in [1.29, 1.82) is 0 Å². The molecule has 5 rings (SSSR count). The van der Waals surface area contributed by atoms with Gasteiger partial charge in [-0.15, -0.1) is 11.3 Å². The Bertz CT molecular complexity index is 629. The van der Waals surface area contributed by atoms with E-state index in [1.807, 2.05) is 23.6 Å². The highest BCUT2D eigenvalue weighted by molar-refractivity contribution is 7.17. The summed E-state index contributed by atoms with van der Waals surface area (Å²) in [7, 11) is 0. The first-order valence-corrected chi connectivity index (χ1v) is 8.99. The predicted molar refractivity (Wildman–Crippen MR) is 85.8 cm³/mol. The normalized spacial score (nSPS) is 27.7. The first-order chi connectivity index (χ1) is 10.3. The van der Waals surface area contributed by atoms with Crippen molar-refractivity contribution >= 4 is 28.8 Å². The summed E-state index contributed by atoms with van der Waals surface area (Å²) in [5.74, 6) is 0.733. The van der Waals surface area contributed by atoms with Crippen LogP contribution in [0.25, 0.3) is 10.6 Å². The minimum atomic E-state index is 0.0697. The molecular weight excluding hydrogens is 302 g/mol. The predicted octanol–water partition coefficient (Wildman–Crippen LogP) is 2.70. The third-order valence-electron chi connectivity index (χ3n) is 4.49. The Morgan fingerprint density at radius 1 is 1.29 bits per heavy atom. The summed E-state index contributed by atoms with van der Waals surface area (Å²) in [6.07, 6.45) is 2.44. The molecule has 0 radical (unpaired) electrons. The second kappa shape index (κ2) is 5.51. The number of carbonyl (C=O) groups is 1. The fraction of sp³-hybridized carbons (Fsp3) is 0.467. The van der Waals surface area contributed by atoms with Crippen molar-refractivity contribution < 1.29 is 4.79 Å². The van der Waals surface area contributed by atoms with Gasteiger partial charge in [0.25, 0.3) is 5.91 Å². The van der Waals surface area contributed by atoms with Crippen LogP contribution in [0.3, 0.4) is 0 Å². The Hall–Kier alpha value is -1.24. The lowest BCUT2D eigenvalue weighted by Crippen LogP contribution is -2.57. The van der Waals surface area contributed by atoms with E-state index in [1.54, 1.807) is 0 Å². The van der Waals surface area contributed by atoms with E-state index in [0.29, 0.717) is 12.0 Å². The Morgan fingerprint density at radius 2 is 2.14 bits per heavy atom. The molecule has 21 heavy (non-hydrogen) atoms. The van der Waals surface area contributed by atoms with E-state index in [0.717, 1.165) is 22.0 Å². The maximum Gasteiger partial charge on any atom is 0.261 e. The van der Waals surface area contributed by atoms with E-state index in [1.165, 1.54) is 48.8 Å². The van der Waals surface area contributed by atoms with E-state index >= 15 is 0 Å². The second-order valence-corrected chi connectivity index (χ2v) is 7.52. The number of piperidine rings is 3. The summed E-state index contributed by atoms with van der Waals surface area (Å²) in [5.41, 5.74) is 0.965. The smallest absolute Gasteiger partial charge is 0.261 e. The molecule has 3 fully saturated rings. The van der Waals surface area contributed by atoms with E-state index in [2.05, 4.69) is 14.6 Å². The molecule has 0 saturated carbocycles. The SMILES string of the molecule is O=C(N[C@H]1CN2CCC1CC2)c1ccc(-c2ccsn2)s1. The zero-order chi connectivity index (χ0) is 14.2. The Kier molecular flexibility index (Phi) is 3.52. The van der Waals surface area contributed by atoms with Crippen LogP contribution in [0.2, 0.25) is 0 Å². The highest BCUT2D eigenvalue weighted by Crippen LogP contribution is 2.30. The Labute approximate surface area is 132 Å². The summed E-state index contributed by atoms with van der Waals surface area (Å²) < 4.78 is 4.32. The highest BCUT2D eigenvalue weighted by Gasteiger charge is 2.35. The highest BCUT2D eigenvalue weighted by atomic mass is 32.1. The fourth-order valence-corrected chi connectivity index (χ4v) is 4.77. The molecular formula is C15H17N3OS2. The minimum absolute atomic E-state index is 0.0697. The number of fused-ring (bicyclic) bond motifs is 3. The van der Waals surface area contributed by atoms with Gasteiger partial charge in [-0.3, -0.25) is 4.79 Å². The average molecular weight is 319 g/mol. The number of rotatable bonds is 3. The maximum absolute atomic E-state index is 12.4. The molecule has 0 unspecified atom stereocenters. The number of hydrogen-bond donors (Lipinski definition) is 1. The van der Waals surface area contributed by atoms with Gasteiger partial charge in [0, 0.05) is 18.0 Å². The lowest BCUT2D eigenvalue weighted by atomic mass is 9.84. The van der Waals surface area contributed by atoms with Gasteiger partial charge in [0.2, 0.25) is 0 Å². The molecule has 0 aromatic carbocycles. The lowest BCUT2D eigenvalue weighted by molar-refractivity contribution is 0.0622. The van der Waals surface area contributed by atoms with E-state index in [4.69, 9.17) is 0 Å². The summed E-state index contributed by atoms with van der Waals surface area (Å²) in [4.78, 5) is 16.7. The average Bonchev–Trinajstić information content (AvgIpc) is 3.20. The van der Waals surface area contributed by atoms with Crippen molar-refractivity contribution in [2.45, 2.75) is 18.9 Å². The van der Waals surface area contributed by atoms with Gasteiger partial charge in [-0.1, -0.05) is 0 Å². The number of nitrogens with zero attached hydrogens (tertiary/aromatic N) is 2. The summed E-state index contributed by atoms with van der Waals surface area (Å²) in [6, 6.07) is 6.22. The minimum Gasteiger partial charge on any atom is -0.347 e.